The first-order valence-electron chi connectivity index (χ1n) is 4.11. The molecular weight excluding hydrogens is 202 g/mol. The molecular formula is C9H9NO3S. The maximum Gasteiger partial charge on any atom is 0.268 e. The third-order valence-corrected chi connectivity index (χ3v) is 2.86. The highest BCUT2D eigenvalue weighted by atomic mass is 32.1. The first-order chi connectivity index (χ1) is 6.68. The zero-order valence-corrected chi connectivity index (χ0v) is 8.07. The standard InChI is InChI=1S/C9H9NO3S/c11-7(12)5-10-3-1-6-2-4-14-8(6)9(10)13/h1-4,7,11-12H,5H2. The lowest BCUT2D eigenvalue weighted by atomic mass is 10.3. The van der Waals surface area contributed by atoms with Gasteiger partial charge in [0.05, 0.1) is 11.2 Å². The summed E-state index contributed by atoms with van der Waals surface area (Å²) in [5, 5.41) is 20.2. The minimum atomic E-state index is -1.50. The molecule has 0 radical (unpaired) electrons. The molecule has 2 aromatic heterocycles. The molecule has 0 saturated carbocycles. The van der Waals surface area contributed by atoms with E-state index in [0.29, 0.717) is 4.70 Å². The molecule has 0 bridgehead atoms. The average Bonchev–Trinajstić information content (AvgIpc) is 2.57. The summed E-state index contributed by atoms with van der Waals surface area (Å²) in [6.45, 7) is -0.0906. The molecule has 2 rings (SSSR count). The molecule has 2 heterocycles. The van der Waals surface area contributed by atoms with Gasteiger partial charge in [0.1, 0.15) is 0 Å². The largest absolute Gasteiger partial charge is 0.367 e. The lowest BCUT2D eigenvalue weighted by molar-refractivity contribution is -0.0518. The topological polar surface area (TPSA) is 62.5 Å². The molecule has 0 amide bonds. The van der Waals surface area contributed by atoms with Crippen molar-refractivity contribution in [3.8, 4) is 0 Å². The fourth-order valence-corrected chi connectivity index (χ4v) is 2.15. The Kier molecular flexibility index (Phi) is 2.37. The first-order valence-corrected chi connectivity index (χ1v) is 4.99. The summed E-state index contributed by atoms with van der Waals surface area (Å²) in [7, 11) is 0. The normalized spacial score (nSPS) is 11.4. The summed E-state index contributed by atoms with van der Waals surface area (Å²) in [5.74, 6) is 0. The zero-order valence-electron chi connectivity index (χ0n) is 7.25. The second kappa shape index (κ2) is 3.53. The van der Waals surface area contributed by atoms with Gasteiger partial charge >= 0.3 is 0 Å². The summed E-state index contributed by atoms with van der Waals surface area (Å²) in [6.07, 6.45) is 0.0710. The van der Waals surface area contributed by atoms with Crippen LogP contribution in [0.1, 0.15) is 0 Å². The van der Waals surface area contributed by atoms with Crippen molar-refractivity contribution in [3.05, 3.63) is 34.1 Å². The Labute approximate surface area is 83.7 Å². The maximum absolute atomic E-state index is 11.7. The number of rotatable bonds is 2. The number of pyridine rings is 1. The van der Waals surface area contributed by atoms with E-state index in [-0.39, 0.29) is 12.1 Å². The minimum absolute atomic E-state index is 0.0906. The van der Waals surface area contributed by atoms with E-state index >= 15 is 0 Å². The quantitative estimate of drug-likeness (QED) is 0.706. The van der Waals surface area contributed by atoms with Crippen molar-refractivity contribution in [2.45, 2.75) is 12.8 Å². The number of aromatic nitrogens is 1. The van der Waals surface area contributed by atoms with Gasteiger partial charge in [0.15, 0.2) is 6.29 Å². The second-order valence-electron chi connectivity index (χ2n) is 2.96. The Hall–Kier alpha value is -1.17. The molecule has 0 atom stereocenters. The van der Waals surface area contributed by atoms with Gasteiger partial charge in [-0.25, -0.2) is 0 Å². The predicted molar refractivity (Wildman–Crippen MR) is 54.3 cm³/mol. The van der Waals surface area contributed by atoms with Crippen LogP contribution in [-0.2, 0) is 6.54 Å². The zero-order chi connectivity index (χ0) is 10.1. The lowest BCUT2D eigenvalue weighted by Crippen LogP contribution is -2.25. The van der Waals surface area contributed by atoms with E-state index in [2.05, 4.69) is 0 Å². The van der Waals surface area contributed by atoms with Crippen LogP contribution >= 0.6 is 11.3 Å². The summed E-state index contributed by atoms with van der Waals surface area (Å²) < 4.78 is 1.94. The summed E-state index contributed by atoms with van der Waals surface area (Å²) in [6, 6.07) is 3.65. The van der Waals surface area contributed by atoms with Crippen LogP contribution in [-0.4, -0.2) is 21.1 Å². The highest BCUT2D eigenvalue weighted by Gasteiger charge is 2.05. The highest BCUT2D eigenvalue weighted by molar-refractivity contribution is 7.17. The number of aliphatic hydroxyl groups excluding tert-OH is 1. The Morgan fingerprint density at radius 2 is 2.21 bits per heavy atom. The SMILES string of the molecule is O=c1c2sccc2ccn1CC(O)O. The van der Waals surface area contributed by atoms with Crippen molar-refractivity contribution >= 4 is 21.4 Å². The Bertz CT molecular complexity index is 500. The van der Waals surface area contributed by atoms with E-state index in [4.69, 9.17) is 10.2 Å². The molecule has 74 valence electrons. The molecule has 0 fully saturated rings. The van der Waals surface area contributed by atoms with Crippen LogP contribution in [0.15, 0.2) is 28.5 Å². The molecule has 14 heavy (non-hydrogen) atoms. The van der Waals surface area contributed by atoms with Crippen LogP contribution in [0.4, 0.5) is 0 Å². The van der Waals surface area contributed by atoms with Gasteiger partial charge in [-0.1, -0.05) is 0 Å². The van der Waals surface area contributed by atoms with E-state index in [0.717, 1.165) is 5.39 Å². The highest BCUT2D eigenvalue weighted by Crippen LogP contribution is 2.15. The van der Waals surface area contributed by atoms with Crippen LogP contribution in [0.2, 0.25) is 0 Å². The van der Waals surface area contributed by atoms with Crippen molar-refractivity contribution in [1.82, 2.24) is 4.57 Å². The molecule has 2 N–H and O–H groups in total. The number of aliphatic hydroxyl groups is 2. The van der Waals surface area contributed by atoms with Crippen molar-refractivity contribution < 1.29 is 10.2 Å². The molecule has 0 aliphatic carbocycles. The monoisotopic (exact) mass is 211 g/mol. The number of thiophene rings is 1. The third kappa shape index (κ3) is 1.57. The minimum Gasteiger partial charge on any atom is -0.367 e. The van der Waals surface area contributed by atoms with Crippen LogP contribution in [0.5, 0.6) is 0 Å². The number of hydrogen-bond donors (Lipinski definition) is 2. The Balaban J connectivity index is 2.57. The van der Waals surface area contributed by atoms with Crippen molar-refractivity contribution in [3.63, 3.8) is 0 Å². The average molecular weight is 211 g/mol. The molecule has 0 aliphatic rings. The van der Waals surface area contributed by atoms with Gasteiger partial charge in [-0.3, -0.25) is 4.79 Å². The van der Waals surface area contributed by atoms with Gasteiger partial charge in [-0.15, -0.1) is 11.3 Å². The van der Waals surface area contributed by atoms with Crippen LogP contribution < -0.4 is 5.56 Å². The molecule has 4 nitrogen and oxygen atoms in total. The summed E-state index contributed by atoms with van der Waals surface area (Å²) in [5.41, 5.74) is -0.175. The van der Waals surface area contributed by atoms with Gasteiger partial charge in [0, 0.05) is 6.20 Å². The van der Waals surface area contributed by atoms with E-state index < -0.39 is 6.29 Å². The van der Waals surface area contributed by atoms with Crippen molar-refractivity contribution in [1.29, 1.82) is 0 Å². The fourth-order valence-electron chi connectivity index (χ4n) is 1.31. The van der Waals surface area contributed by atoms with E-state index in [1.165, 1.54) is 15.9 Å². The molecule has 5 heteroatoms. The van der Waals surface area contributed by atoms with Gasteiger partial charge in [0.2, 0.25) is 0 Å². The van der Waals surface area contributed by atoms with Crippen LogP contribution in [0.3, 0.4) is 0 Å². The molecule has 0 spiro atoms. The van der Waals surface area contributed by atoms with Gasteiger partial charge < -0.3 is 14.8 Å². The summed E-state index contributed by atoms with van der Waals surface area (Å²) in [4.78, 5) is 11.7. The van der Waals surface area contributed by atoms with Gasteiger partial charge in [0.25, 0.3) is 5.56 Å². The Morgan fingerprint density at radius 1 is 1.43 bits per heavy atom. The van der Waals surface area contributed by atoms with E-state index in [1.54, 1.807) is 12.3 Å². The van der Waals surface area contributed by atoms with Crippen LogP contribution in [0.25, 0.3) is 10.1 Å². The molecule has 0 aliphatic heterocycles. The maximum atomic E-state index is 11.7. The fraction of sp³-hybridized carbons (Fsp3) is 0.222. The van der Waals surface area contributed by atoms with Gasteiger partial charge in [-0.2, -0.15) is 0 Å². The Morgan fingerprint density at radius 3 is 2.93 bits per heavy atom. The lowest BCUT2D eigenvalue weighted by Gasteiger charge is -2.06. The molecule has 2 aromatic rings. The number of fused-ring (bicyclic) bond motifs is 1. The smallest absolute Gasteiger partial charge is 0.268 e. The second-order valence-corrected chi connectivity index (χ2v) is 3.88. The number of nitrogens with zero attached hydrogens (tertiary/aromatic N) is 1. The summed E-state index contributed by atoms with van der Waals surface area (Å²) >= 11 is 1.36. The van der Waals surface area contributed by atoms with Gasteiger partial charge in [-0.05, 0) is 22.9 Å². The molecule has 0 aromatic carbocycles. The first kappa shape index (κ1) is 9.39. The molecule has 0 unspecified atom stereocenters. The van der Waals surface area contributed by atoms with Crippen LogP contribution in [0, 0.1) is 0 Å². The van der Waals surface area contributed by atoms with E-state index in [9.17, 15) is 4.79 Å². The van der Waals surface area contributed by atoms with Crippen molar-refractivity contribution in [2.75, 3.05) is 0 Å². The predicted octanol–water partition coefficient (Wildman–Crippen LogP) is 0.374. The molecule has 0 saturated heterocycles. The van der Waals surface area contributed by atoms with E-state index in [1.807, 2.05) is 11.4 Å². The third-order valence-electron chi connectivity index (χ3n) is 1.94. The van der Waals surface area contributed by atoms with Crippen molar-refractivity contribution in [2.24, 2.45) is 0 Å². The number of hydrogen-bond acceptors (Lipinski definition) is 4.